The molecule has 12 heteroatoms. The summed E-state index contributed by atoms with van der Waals surface area (Å²) in [6, 6.07) is 7.70. The summed E-state index contributed by atoms with van der Waals surface area (Å²) < 4.78 is 49.2. The number of halogens is 6. The predicted octanol–water partition coefficient (Wildman–Crippen LogP) is 6.40. The summed E-state index contributed by atoms with van der Waals surface area (Å²) in [5.41, 5.74) is 2.02. The van der Waals surface area contributed by atoms with E-state index in [9.17, 15) is 17.6 Å². The molecule has 5 aromatic rings. The minimum absolute atomic E-state index is 0.664. The van der Waals surface area contributed by atoms with E-state index in [0.29, 0.717) is 0 Å². The second-order valence-corrected chi connectivity index (χ2v) is 8.40. The fourth-order valence-electron chi connectivity index (χ4n) is 2.43. The van der Waals surface area contributed by atoms with E-state index >= 15 is 0 Å². The van der Waals surface area contributed by atoms with Gasteiger partial charge in [-0.05, 0) is 69.4 Å². The molecule has 0 aliphatic carbocycles. The van der Waals surface area contributed by atoms with Gasteiger partial charge >= 0.3 is 0 Å². The number of imidazole rings is 2. The van der Waals surface area contributed by atoms with E-state index in [1.807, 2.05) is 24.3 Å². The lowest BCUT2D eigenvalue weighted by atomic mass is 10.3. The second kappa shape index (κ2) is 12.5. The van der Waals surface area contributed by atoms with Gasteiger partial charge in [-0.25, -0.2) is 27.5 Å². The summed E-state index contributed by atoms with van der Waals surface area (Å²) in [5.74, 6) is -3.67. The maximum atomic E-state index is 12.6. The molecule has 0 bridgehead atoms. The average molecular weight is 692 g/mol. The molecule has 0 fully saturated rings. The second-order valence-electron chi connectivity index (χ2n) is 6.24. The van der Waals surface area contributed by atoms with Gasteiger partial charge in [0.05, 0.1) is 7.14 Å². The molecule has 5 rings (SSSR count). The van der Waals surface area contributed by atoms with Crippen molar-refractivity contribution in [1.82, 2.24) is 29.9 Å². The molecule has 34 heavy (non-hydrogen) atoms. The van der Waals surface area contributed by atoms with Crippen molar-refractivity contribution in [2.24, 2.45) is 0 Å². The van der Waals surface area contributed by atoms with Crippen LogP contribution in [0.5, 0.6) is 0 Å². The van der Waals surface area contributed by atoms with Gasteiger partial charge in [0.1, 0.15) is 11.6 Å². The van der Waals surface area contributed by atoms with Gasteiger partial charge in [0.2, 0.25) is 0 Å². The Bertz CT molecular complexity index is 1130. The van der Waals surface area contributed by atoms with Crippen molar-refractivity contribution in [3.8, 4) is 22.8 Å². The minimum atomic E-state index is -1.35. The molecule has 0 radical (unpaired) electrons. The van der Waals surface area contributed by atoms with Gasteiger partial charge in [-0.15, -0.1) is 0 Å². The van der Waals surface area contributed by atoms with Crippen molar-refractivity contribution in [2.45, 2.75) is 0 Å². The Morgan fingerprint density at radius 3 is 1.24 bits per heavy atom. The molecule has 2 N–H and O–H groups in total. The van der Waals surface area contributed by atoms with Crippen molar-refractivity contribution in [3.63, 3.8) is 0 Å². The third kappa shape index (κ3) is 6.59. The van der Waals surface area contributed by atoms with Gasteiger partial charge in [0.25, 0.3) is 0 Å². The number of rotatable bonds is 2. The molecule has 0 atom stereocenters. The lowest BCUT2D eigenvalue weighted by Crippen LogP contribution is -2.02. The van der Waals surface area contributed by atoms with Crippen LogP contribution in [0.25, 0.3) is 22.8 Å². The molecule has 4 aromatic heterocycles. The number of aromatic amines is 2. The van der Waals surface area contributed by atoms with Crippen LogP contribution in [0.4, 0.5) is 17.6 Å². The lowest BCUT2D eigenvalue weighted by Gasteiger charge is -2.02. The van der Waals surface area contributed by atoms with Gasteiger partial charge in [-0.2, -0.15) is 0 Å². The van der Waals surface area contributed by atoms with E-state index in [0.717, 1.165) is 22.8 Å². The fraction of sp³-hybridized carbons (Fsp3) is 0. The normalized spacial score (nSPS) is 10.1. The first kappa shape index (κ1) is 25.7. The van der Waals surface area contributed by atoms with E-state index in [1.54, 1.807) is 49.6 Å². The van der Waals surface area contributed by atoms with Crippen LogP contribution in [0, 0.1) is 30.4 Å². The summed E-state index contributed by atoms with van der Waals surface area (Å²) >= 11 is 2.41. The van der Waals surface area contributed by atoms with E-state index in [2.05, 4.69) is 29.9 Å². The highest BCUT2D eigenvalue weighted by Crippen LogP contribution is 2.26. The maximum Gasteiger partial charge on any atom is 0.176 e. The van der Waals surface area contributed by atoms with Crippen LogP contribution in [0.2, 0.25) is 0 Å². The molecule has 0 saturated carbocycles. The van der Waals surface area contributed by atoms with E-state index in [4.69, 9.17) is 0 Å². The summed E-state index contributed by atoms with van der Waals surface area (Å²) in [4.78, 5) is 22.1. The van der Waals surface area contributed by atoms with Crippen LogP contribution >= 0.6 is 45.2 Å². The number of nitrogens with zero attached hydrogens (tertiary/aromatic N) is 4. The van der Waals surface area contributed by atoms with Crippen LogP contribution in [0.15, 0.2) is 73.8 Å². The molecule has 0 saturated heterocycles. The Morgan fingerprint density at radius 1 is 0.588 bits per heavy atom. The topological polar surface area (TPSA) is 83.1 Å². The first-order valence-corrected chi connectivity index (χ1v) is 11.5. The number of pyridine rings is 2. The largest absolute Gasteiger partial charge is 0.345 e. The summed E-state index contributed by atoms with van der Waals surface area (Å²) in [6.45, 7) is 0. The quantitative estimate of drug-likeness (QED) is 0.0973. The van der Waals surface area contributed by atoms with Crippen LogP contribution in [0.1, 0.15) is 0 Å². The third-order valence-corrected chi connectivity index (χ3v) is 5.92. The number of nitrogens with one attached hydrogen (secondary N) is 2. The Hall–Kier alpha value is -2.88. The molecule has 0 aliphatic heterocycles. The molecule has 174 valence electrons. The van der Waals surface area contributed by atoms with Crippen LogP contribution < -0.4 is 0 Å². The fourth-order valence-corrected chi connectivity index (χ4v) is 3.38. The number of H-pyrrole nitrogens is 2. The van der Waals surface area contributed by atoms with Crippen molar-refractivity contribution >= 4 is 45.2 Å². The van der Waals surface area contributed by atoms with Gasteiger partial charge in [-0.3, -0.25) is 9.97 Å². The van der Waals surface area contributed by atoms with Crippen LogP contribution in [0.3, 0.4) is 0 Å². The molecule has 4 heterocycles. The molecular weight excluding hydrogens is 678 g/mol. The lowest BCUT2D eigenvalue weighted by molar-refractivity contribution is 0.437. The van der Waals surface area contributed by atoms with Gasteiger partial charge in [0.15, 0.2) is 23.3 Å². The van der Waals surface area contributed by atoms with Gasteiger partial charge < -0.3 is 9.97 Å². The molecule has 0 aliphatic rings. The molecule has 0 unspecified atom stereocenters. The van der Waals surface area contributed by atoms with Crippen molar-refractivity contribution in [2.75, 3.05) is 0 Å². The van der Waals surface area contributed by atoms with Crippen molar-refractivity contribution in [1.29, 1.82) is 0 Å². The highest BCUT2D eigenvalue weighted by molar-refractivity contribution is 14.1. The van der Waals surface area contributed by atoms with E-state index < -0.39 is 30.4 Å². The van der Waals surface area contributed by atoms with E-state index in [-0.39, 0.29) is 0 Å². The predicted molar refractivity (Wildman–Crippen MR) is 135 cm³/mol. The minimum Gasteiger partial charge on any atom is -0.345 e. The Balaban J connectivity index is 0.000000143. The molecule has 6 nitrogen and oxygen atoms in total. The first-order valence-electron chi connectivity index (χ1n) is 9.36. The molecule has 1 aromatic carbocycles. The molecule has 0 amide bonds. The first-order chi connectivity index (χ1) is 16.4. The zero-order valence-electron chi connectivity index (χ0n) is 17.0. The summed E-state index contributed by atoms with van der Waals surface area (Å²) in [5, 5.41) is 0. The zero-order valence-corrected chi connectivity index (χ0v) is 21.3. The molecular formula is C22H14F4I2N6. The Labute approximate surface area is 218 Å². The van der Waals surface area contributed by atoms with E-state index in [1.165, 1.54) is 45.2 Å². The standard InChI is InChI=1S/2C8H7N3.C6F4I2/c2*1-2-7(6-9-3-1)8-10-4-5-11-8;7-1-2(8)6(12)4(10)3(9)5(1)11/h2*1-6H,(H,10,11);. The number of hydrogen-bond acceptors (Lipinski definition) is 4. The number of aromatic nitrogens is 6. The maximum absolute atomic E-state index is 12.6. The summed E-state index contributed by atoms with van der Waals surface area (Å²) in [6.07, 6.45) is 14.1. The Kier molecular flexibility index (Phi) is 9.50. The van der Waals surface area contributed by atoms with Gasteiger partial charge in [-0.1, -0.05) is 0 Å². The summed E-state index contributed by atoms with van der Waals surface area (Å²) in [7, 11) is 0. The highest BCUT2D eigenvalue weighted by atomic mass is 127. The third-order valence-electron chi connectivity index (χ3n) is 4.02. The highest BCUT2D eigenvalue weighted by Gasteiger charge is 2.21. The Morgan fingerprint density at radius 2 is 0.971 bits per heavy atom. The zero-order chi connectivity index (χ0) is 24.5. The van der Waals surface area contributed by atoms with Crippen LogP contribution in [-0.2, 0) is 0 Å². The van der Waals surface area contributed by atoms with Crippen LogP contribution in [-0.4, -0.2) is 29.9 Å². The van der Waals surface area contributed by atoms with Crippen molar-refractivity contribution < 1.29 is 17.6 Å². The number of hydrogen-bond donors (Lipinski definition) is 2. The van der Waals surface area contributed by atoms with Crippen molar-refractivity contribution in [3.05, 3.63) is 104 Å². The number of benzene rings is 1. The smallest absolute Gasteiger partial charge is 0.176 e. The average Bonchev–Trinajstić information content (AvgIpc) is 3.62. The molecule has 0 spiro atoms. The SMILES string of the molecule is Fc1c(F)c(I)c(F)c(F)c1I.c1cncc(-c2ncc[nH]2)c1.c1cncc(-c2ncc[nH]2)c1. The van der Waals surface area contributed by atoms with Gasteiger partial charge in [0, 0.05) is 60.7 Å². The monoisotopic (exact) mass is 692 g/mol.